The summed E-state index contributed by atoms with van der Waals surface area (Å²) in [5, 5.41) is 7.85. The molecule has 3 heteroatoms. The van der Waals surface area contributed by atoms with Crippen LogP contribution < -0.4 is 5.32 Å². The predicted octanol–water partition coefficient (Wildman–Crippen LogP) is 2.54. The fourth-order valence-corrected chi connectivity index (χ4v) is 2.81. The zero-order valence-electron chi connectivity index (χ0n) is 10.4. The highest BCUT2D eigenvalue weighted by atomic mass is 15.3. The summed E-state index contributed by atoms with van der Waals surface area (Å²) in [5.74, 6) is 0.709. The minimum Gasteiger partial charge on any atom is -0.317 e. The maximum absolute atomic E-state index is 4.43. The van der Waals surface area contributed by atoms with E-state index in [2.05, 4.69) is 35.1 Å². The van der Waals surface area contributed by atoms with Crippen LogP contribution in [-0.2, 0) is 6.54 Å². The summed E-state index contributed by atoms with van der Waals surface area (Å²) in [4.78, 5) is 0. The average molecular weight is 221 g/mol. The molecule has 0 radical (unpaired) electrons. The van der Waals surface area contributed by atoms with Crippen molar-refractivity contribution >= 4 is 0 Å². The van der Waals surface area contributed by atoms with Gasteiger partial charge in [0.2, 0.25) is 0 Å². The minimum atomic E-state index is 0.698. The van der Waals surface area contributed by atoms with Gasteiger partial charge in [-0.2, -0.15) is 5.10 Å². The summed E-state index contributed by atoms with van der Waals surface area (Å²) in [5.41, 5.74) is 1.45. The van der Waals surface area contributed by atoms with E-state index in [0.29, 0.717) is 12.0 Å². The van der Waals surface area contributed by atoms with E-state index >= 15 is 0 Å². The monoisotopic (exact) mass is 221 g/mol. The van der Waals surface area contributed by atoms with Gasteiger partial charge in [-0.25, -0.2) is 0 Å². The molecule has 0 amide bonds. The average Bonchev–Trinajstić information content (AvgIpc) is 2.78. The number of nitrogens with one attached hydrogen (secondary N) is 1. The molecule has 2 atom stereocenters. The van der Waals surface area contributed by atoms with Gasteiger partial charge in [0, 0.05) is 30.4 Å². The Morgan fingerprint density at radius 2 is 2.38 bits per heavy atom. The molecular formula is C13H23N3. The van der Waals surface area contributed by atoms with Gasteiger partial charge >= 0.3 is 0 Å². The van der Waals surface area contributed by atoms with Crippen LogP contribution in [0.2, 0.25) is 0 Å². The van der Waals surface area contributed by atoms with E-state index in [0.717, 1.165) is 13.0 Å². The molecule has 0 saturated heterocycles. The van der Waals surface area contributed by atoms with Crippen LogP contribution in [0.4, 0.5) is 0 Å². The van der Waals surface area contributed by atoms with E-state index in [4.69, 9.17) is 0 Å². The van der Waals surface area contributed by atoms with Gasteiger partial charge < -0.3 is 5.32 Å². The molecule has 0 aliphatic heterocycles. The Morgan fingerprint density at radius 1 is 1.50 bits per heavy atom. The second kappa shape index (κ2) is 5.48. The van der Waals surface area contributed by atoms with Gasteiger partial charge in [-0.3, -0.25) is 4.68 Å². The standard InChI is InChI=1S/C13H23N3/c1-3-9-16-13(7-8-15-16)11-5-4-6-12(10-11)14-2/h7-8,11-12,14H,3-6,9-10H2,1-2H3. The van der Waals surface area contributed by atoms with E-state index in [9.17, 15) is 0 Å². The van der Waals surface area contributed by atoms with Crippen molar-refractivity contribution in [3.05, 3.63) is 18.0 Å². The molecule has 1 saturated carbocycles. The third kappa shape index (κ3) is 2.46. The van der Waals surface area contributed by atoms with E-state index in [-0.39, 0.29) is 0 Å². The van der Waals surface area contributed by atoms with Crippen LogP contribution in [0.25, 0.3) is 0 Å². The van der Waals surface area contributed by atoms with Crippen LogP contribution in [0.5, 0.6) is 0 Å². The lowest BCUT2D eigenvalue weighted by molar-refractivity contribution is 0.341. The second-order valence-electron chi connectivity index (χ2n) is 4.83. The Balaban J connectivity index is 2.07. The SMILES string of the molecule is CCCn1nccc1C1CCCC(NC)C1. The smallest absolute Gasteiger partial charge is 0.0492 e. The Morgan fingerprint density at radius 3 is 3.12 bits per heavy atom. The van der Waals surface area contributed by atoms with E-state index in [1.54, 1.807) is 0 Å². The third-order valence-electron chi connectivity index (χ3n) is 3.69. The molecule has 1 aliphatic carbocycles. The molecule has 1 heterocycles. The van der Waals surface area contributed by atoms with Gasteiger partial charge in [-0.05, 0) is 38.8 Å². The minimum absolute atomic E-state index is 0.698. The van der Waals surface area contributed by atoms with Crippen molar-refractivity contribution in [3.63, 3.8) is 0 Å². The van der Waals surface area contributed by atoms with Crippen LogP contribution in [-0.4, -0.2) is 22.9 Å². The summed E-state index contributed by atoms with van der Waals surface area (Å²) < 4.78 is 2.20. The molecule has 0 aromatic carbocycles. The van der Waals surface area contributed by atoms with Crippen LogP contribution in [0.15, 0.2) is 12.3 Å². The molecule has 1 aliphatic rings. The Hall–Kier alpha value is -0.830. The quantitative estimate of drug-likeness (QED) is 0.846. The number of aromatic nitrogens is 2. The van der Waals surface area contributed by atoms with E-state index < -0.39 is 0 Å². The highest BCUT2D eigenvalue weighted by Gasteiger charge is 2.24. The van der Waals surface area contributed by atoms with Crippen LogP contribution >= 0.6 is 0 Å². The number of hydrogen-bond acceptors (Lipinski definition) is 2. The Bertz CT molecular complexity index is 319. The van der Waals surface area contributed by atoms with Gasteiger partial charge in [0.05, 0.1) is 0 Å². The summed E-state index contributed by atoms with van der Waals surface area (Å²) in [7, 11) is 2.08. The molecule has 0 spiro atoms. The first kappa shape index (κ1) is 11.6. The topological polar surface area (TPSA) is 29.9 Å². The van der Waals surface area contributed by atoms with Crippen molar-refractivity contribution in [1.82, 2.24) is 15.1 Å². The summed E-state index contributed by atoms with van der Waals surface area (Å²) >= 11 is 0. The molecular weight excluding hydrogens is 198 g/mol. The molecule has 1 aromatic heterocycles. The summed E-state index contributed by atoms with van der Waals surface area (Å²) in [6.45, 7) is 3.27. The number of nitrogens with zero attached hydrogens (tertiary/aromatic N) is 2. The van der Waals surface area contributed by atoms with Crippen LogP contribution in [0.1, 0.15) is 50.6 Å². The zero-order valence-corrected chi connectivity index (χ0v) is 10.4. The van der Waals surface area contributed by atoms with Crippen molar-refractivity contribution in [3.8, 4) is 0 Å². The van der Waals surface area contributed by atoms with Crippen molar-refractivity contribution in [2.45, 2.75) is 57.5 Å². The highest BCUT2D eigenvalue weighted by Crippen LogP contribution is 2.32. The molecule has 1 aromatic rings. The first-order valence-corrected chi connectivity index (χ1v) is 6.54. The molecule has 1 fully saturated rings. The lowest BCUT2D eigenvalue weighted by Gasteiger charge is -2.29. The number of hydrogen-bond donors (Lipinski definition) is 1. The molecule has 1 N–H and O–H groups in total. The molecule has 90 valence electrons. The highest BCUT2D eigenvalue weighted by molar-refractivity contribution is 5.09. The number of aryl methyl sites for hydroxylation is 1. The van der Waals surface area contributed by atoms with Gasteiger partial charge in [-0.1, -0.05) is 13.3 Å². The van der Waals surface area contributed by atoms with Crippen molar-refractivity contribution < 1.29 is 0 Å². The van der Waals surface area contributed by atoms with Gasteiger partial charge in [-0.15, -0.1) is 0 Å². The lowest BCUT2D eigenvalue weighted by Crippen LogP contribution is -2.31. The van der Waals surface area contributed by atoms with Gasteiger partial charge in [0.25, 0.3) is 0 Å². The predicted molar refractivity (Wildman–Crippen MR) is 66.6 cm³/mol. The fourth-order valence-electron chi connectivity index (χ4n) is 2.81. The first-order valence-electron chi connectivity index (χ1n) is 6.54. The lowest BCUT2D eigenvalue weighted by atomic mass is 9.84. The van der Waals surface area contributed by atoms with Gasteiger partial charge in [0.1, 0.15) is 0 Å². The summed E-state index contributed by atoms with van der Waals surface area (Å²) in [6.07, 6.45) is 8.38. The van der Waals surface area contributed by atoms with Crippen molar-refractivity contribution in [1.29, 1.82) is 0 Å². The van der Waals surface area contributed by atoms with Crippen molar-refractivity contribution in [2.75, 3.05) is 7.05 Å². The van der Waals surface area contributed by atoms with Gasteiger partial charge in [0.15, 0.2) is 0 Å². The maximum Gasteiger partial charge on any atom is 0.0492 e. The van der Waals surface area contributed by atoms with Crippen LogP contribution in [0, 0.1) is 0 Å². The van der Waals surface area contributed by atoms with E-state index in [1.165, 1.54) is 31.4 Å². The molecule has 2 rings (SSSR count). The molecule has 16 heavy (non-hydrogen) atoms. The Labute approximate surface area is 98.2 Å². The number of rotatable bonds is 4. The largest absolute Gasteiger partial charge is 0.317 e. The maximum atomic E-state index is 4.43. The van der Waals surface area contributed by atoms with E-state index in [1.807, 2.05) is 6.20 Å². The molecule has 0 bridgehead atoms. The molecule has 3 nitrogen and oxygen atoms in total. The zero-order chi connectivity index (χ0) is 11.4. The molecule has 2 unspecified atom stereocenters. The second-order valence-corrected chi connectivity index (χ2v) is 4.83. The normalized spacial score (nSPS) is 25.9. The Kier molecular flexibility index (Phi) is 3.99. The fraction of sp³-hybridized carbons (Fsp3) is 0.769. The third-order valence-corrected chi connectivity index (χ3v) is 3.69. The van der Waals surface area contributed by atoms with Crippen molar-refractivity contribution in [2.24, 2.45) is 0 Å². The summed E-state index contributed by atoms with van der Waals surface area (Å²) in [6, 6.07) is 2.90. The first-order chi connectivity index (χ1) is 7.85. The van der Waals surface area contributed by atoms with Crippen LogP contribution in [0.3, 0.4) is 0 Å².